The number of nitrogens with zero attached hydrogens (tertiary/aromatic N) is 1. The Bertz CT molecular complexity index is 482. The molecule has 1 aromatic carbocycles. The number of likely N-dealkylation sites (tertiary alicyclic amines) is 1. The Morgan fingerprint density at radius 3 is 2.42 bits per heavy atom. The Hall–Kier alpha value is -1.35. The van der Waals surface area contributed by atoms with Crippen molar-refractivity contribution in [3.8, 4) is 0 Å². The average Bonchev–Trinajstić information content (AvgIpc) is 2.33. The molecule has 2 rings (SSSR count). The highest BCUT2D eigenvalue weighted by atomic mass is 16.2. The van der Waals surface area contributed by atoms with Gasteiger partial charge in [0.15, 0.2) is 0 Å². The molecule has 19 heavy (non-hydrogen) atoms. The fourth-order valence-corrected chi connectivity index (χ4v) is 2.58. The molecule has 0 spiro atoms. The summed E-state index contributed by atoms with van der Waals surface area (Å²) in [5.41, 5.74) is 7.85. The third kappa shape index (κ3) is 2.66. The van der Waals surface area contributed by atoms with E-state index in [0.29, 0.717) is 13.1 Å². The molecule has 1 saturated heterocycles. The predicted molar refractivity (Wildman–Crippen MR) is 78.3 cm³/mol. The van der Waals surface area contributed by atoms with E-state index in [1.807, 2.05) is 29.2 Å². The van der Waals surface area contributed by atoms with Gasteiger partial charge in [-0.2, -0.15) is 0 Å². The third-order valence-electron chi connectivity index (χ3n) is 3.97. The molecule has 1 fully saturated rings. The summed E-state index contributed by atoms with van der Waals surface area (Å²) < 4.78 is 0. The normalized spacial score (nSPS) is 18.1. The van der Waals surface area contributed by atoms with Crippen molar-refractivity contribution in [2.45, 2.75) is 45.1 Å². The van der Waals surface area contributed by atoms with E-state index in [1.165, 1.54) is 0 Å². The molecule has 0 saturated carbocycles. The Balaban J connectivity index is 2.22. The fourth-order valence-electron chi connectivity index (χ4n) is 2.58. The van der Waals surface area contributed by atoms with E-state index in [1.54, 1.807) is 0 Å². The molecule has 1 aliphatic rings. The second-order valence-electron chi connectivity index (χ2n) is 6.67. The first-order valence-corrected chi connectivity index (χ1v) is 6.94. The van der Waals surface area contributed by atoms with Gasteiger partial charge in [-0.25, -0.2) is 0 Å². The molecule has 0 bridgehead atoms. The van der Waals surface area contributed by atoms with E-state index in [0.717, 1.165) is 17.5 Å². The molecule has 3 nitrogen and oxygen atoms in total. The molecular weight excluding hydrogens is 236 g/mol. The molecular formula is C16H24N2O. The maximum atomic E-state index is 12.6. The highest BCUT2D eigenvalue weighted by Gasteiger charge is 2.41. The van der Waals surface area contributed by atoms with Gasteiger partial charge in [-0.3, -0.25) is 4.79 Å². The number of hydrogen-bond acceptors (Lipinski definition) is 2. The minimum Gasteiger partial charge on any atom is -0.335 e. The van der Waals surface area contributed by atoms with E-state index in [2.05, 4.69) is 27.7 Å². The topological polar surface area (TPSA) is 46.3 Å². The lowest BCUT2D eigenvalue weighted by Gasteiger charge is -2.47. The van der Waals surface area contributed by atoms with Crippen LogP contribution in [0.15, 0.2) is 24.3 Å². The first-order chi connectivity index (χ1) is 8.77. The largest absolute Gasteiger partial charge is 0.335 e. The minimum absolute atomic E-state index is 0.0261. The molecule has 1 aromatic rings. The number of hydrogen-bond donors (Lipinski definition) is 1. The van der Waals surface area contributed by atoms with E-state index in [4.69, 9.17) is 5.73 Å². The van der Waals surface area contributed by atoms with Crippen molar-refractivity contribution in [1.29, 1.82) is 0 Å². The van der Waals surface area contributed by atoms with Crippen molar-refractivity contribution in [1.82, 2.24) is 4.90 Å². The van der Waals surface area contributed by atoms with Crippen molar-refractivity contribution in [3.63, 3.8) is 0 Å². The van der Waals surface area contributed by atoms with Crippen LogP contribution < -0.4 is 5.73 Å². The van der Waals surface area contributed by atoms with Crippen LogP contribution in [0.25, 0.3) is 0 Å². The fraction of sp³-hybridized carbons (Fsp3) is 0.562. The first-order valence-electron chi connectivity index (χ1n) is 6.94. The summed E-state index contributed by atoms with van der Waals surface area (Å²) in [7, 11) is 0. The van der Waals surface area contributed by atoms with Crippen LogP contribution in [0.5, 0.6) is 0 Å². The van der Waals surface area contributed by atoms with Gasteiger partial charge in [0.2, 0.25) is 0 Å². The van der Waals surface area contributed by atoms with Gasteiger partial charge in [0, 0.05) is 18.7 Å². The summed E-state index contributed by atoms with van der Waals surface area (Å²) in [6.45, 7) is 9.81. The second-order valence-corrected chi connectivity index (χ2v) is 6.67. The van der Waals surface area contributed by atoms with E-state index >= 15 is 0 Å². The van der Waals surface area contributed by atoms with Crippen molar-refractivity contribution < 1.29 is 4.79 Å². The van der Waals surface area contributed by atoms with Crippen LogP contribution in [0.2, 0.25) is 0 Å². The van der Waals surface area contributed by atoms with Crippen LogP contribution in [0.3, 0.4) is 0 Å². The lowest BCUT2D eigenvalue weighted by Crippen LogP contribution is -2.68. The molecule has 0 aliphatic carbocycles. The number of amides is 1. The van der Waals surface area contributed by atoms with Crippen LogP contribution in [-0.4, -0.2) is 29.4 Å². The standard InChI is InChI=1S/C16H24N2O/c1-5-16(17)10-18(11-16)14(19)12-8-6-7-9-13(12)15(2,3)4/h6-9H,5,10-11,17H2,1-4H3. The number of carbonyl (C=O) groups is 1. The highest BCUT2D eigenvalue weighted by molar-refractivity contribution is 5.96. The summed E-state index contributed by atoms with van der Waals surface area (Å²) >= 11 is 0. The molecule has 2 N–H and O–H groups in total. The second kappa shape index (κ2) is 4.64. The lowest BCUT2D eigenvalue weighted by atomic mass is 9.82. The summed E-state index contributed by atoms with van der Waals surface area (Å²) in [5.74, 6) is 0.111. The maximum Gasteiger partial charge on any atom is 0.254 e. The number of rotatable bonds is 2. The summed E-state index contributed by atoms with van der Waals surface area (Å²) in [4.78, 5) is 14.4. The van der Waals surface area contributed by atoms with Crippen molar-refractivity contribution in [2.75, 3.05) is 13.1 Å². The summed E-state index contributed by atoms with van der Waals surface area (Å²) in [6, 6.07) is 7.89. The van der Waals surface area contributed by atoms with Gasteiger partial charge < -0.3 is 10.6 Å². The monoisotopic (exact) mass is 260 g/mol. The zero-order valence-corrected chi connectivity index (χ0v) is 12.4. The van der Waals surface area contributed by atoms with Gasteiger partial charge in [0.25, 0.3) is 5.91 Å². The van der Waals surface area contributed by atoms with Gasteiger partial charge >= 0.3 is 0 Å². The SMILES string of the molecule is CCC1(N)CN(C(=O)c2ccccc2C(C)(C)C)C1. The Kier molecular flexibility index (Phi) is 3.43. The predicted octanol–water partition coefficient (Wildman–Crippen LogP) is 2.55. The zero-order chi connectivity index (χ0) is 14.3. The molecule has 3 heteroatoms. The Labute approximate surface area is 115 Å². The smallest absolute Gasteiger partial charge is 0.254 e. The van der Waals surface area contributed by atoms with Gasteiger partial charge in [-0.1, -0.05) is 45.9 Å². The van der Waals surface area contributed by atoms with E-state index in [-0.39, 0.29) is 16.9 Å². The number of carbonyl (C=O) groups excluding carboxylic acids is 1. The van der Waals surface area contributed by atoms with E-state index in [9.17, 15) is 4.79 Å². The van der Waals surface area contributed by atoms with Gasteiger partial charge in [-0.15, -0.1) is 0 Å². The molecule has 1 heterocycles. The van der Waals surface area contributed by atoms with Gasteiger partial charge in [0.05, 0.1) is 5.54 Å². The molecule has 0 radical (unpaired) electrons. The van der Waals surface area contributed by atoms with Gasteiger partial charge in [-0.05, 0) is 23.5 Å². The maximum absolute atomic E-state index is 12.6. The minimum atomic E-state index is -0.174. The van der Waals surface area contributed by atoms with Crippen LogP contribution in [0.4, 0.5) is 0 Å². The van der Waals surface area contributed by atoms with Crippen molar-refractivity contribution in [2.24, 2.45) is 5.73 Å². The molecule has 104 valence electrons. The van der Waals surface area contributed by atoms with Crippen LogP contribution in [0.1, 0.15) is 50.0 Å². The highest BCUT2D eigenvalue weighted by Crippen LogP contribution is 2.29. The molecule has 1 aliphatic heterocycles. The van der Waals surface area contributed by atoms with Crippen molar-refractivity contribution in [3.05, 3.63) is 35.4 Å². The average molecular weight is 260 g/mol. The first kappa shape index (κ1) is 14.1. The van der Waals surface area contributed by atoms with Gasteiger partial charge in [0.1, 0.15) is 0 Å². The lowest BCUT2D eigenvalue weighted by molar-refractivity contribution is 0.0399. The molecule has 0 atom stereocenters. The summed E-state index contributed by atoms with van der Waals surface area (Å²) in [6.07, 6.45) is 0.914. The van der Waals surface area contributed by atoms with E-state index < -0.39 is 0 Å². The molecule has 1 amide bonds. The quantitative estimate of drug-likeness (QED) is 0.888. The Morgan fingerprint density at radius 2 is 1.89 bits per heavy atom. The van der Waals surface area contributed by atoms with Crippen LogP contribution in [-0.2, 0) is 5.41 Å². The number of benzene rings is 1. The van der Waals surface area contributed by atoms with Crippen LogP contribution in [0, 0.1) is 0 Å². The number of nitrogens with two attached hydrogens (primary N) is 1. The molecule has 0 aromatic heterocycles. The summed E-state index contributed by atoms with van der Waals surface area (Å²) in [5, 5.41) is 0. The molecule has 0 unspecified atom stereocenters. The zero-order valence-electron chi connectivity index (χ0n) is 12.4. The van der Waals surface area contributed by atoms with Crippen LogP contribution >= 0.6 is 0 Å². The van der Waals surface area contributed by atoms with Crippen molar-refractivity contribution >= 4 is 5.91 Å². The Morgan fingerprint density at radius 1 is 1.32 bits per heavy atom. The third-order valence-corrected chi connectivity index (χ3v) is 3.97.